The number of halogens is 3. The van der Waals surface area contributed by atoms with Gasteiger partial charge in [-0.25, -0.2) is 13.6 Å². The Morgan fingerprint density at radius 2 is 1.58 bits per heavy atom. The lowest BCUT2D eigenvalue weighted by molar-refractivity contribution is -0.116. The van der Waals surface area contributed by atoms with Crippen molar-refractivity contribution in [3.05, 3.63) is 57.7 Å². The summed E-state index contributed by atoms with van der Waals surface area (Å²) < 4.78 is 26.6. The molecular formula is C16H14F2IN3O2. The minimum Gasteiger partial charge on any atom is -0.337 e. The zero-order valence-corrected chi connectivity index (χ0v) is 14.6. The van der Waals surface area contributed by atoms with Gasteiger partial charge in [0.2, 0.25) is 5.91 Å². The maximum atomic E-state index is 13.4. The van der Waals surface area contributed by atoms with Crippen LogP contribution in [0, 0.1) is 15.2 Å². The van der Waals surface area contributed by atoms with Crippen LogP contribution in [0.1, 0.15) is 6.42 Å². The topological polar surface area (TPSA) is 70.2 Å². The quantitative estimate of drug-likeness (QED) is 0.485. The Balaban J connectivity index is 1.76. The van der Waals surface area contributed by atoms with E-state index in [-0.39, 0.29) is 22.2 Å². The van der Waals surface area contributed by atoms with Crippen molar-refractivity contribution in [2.75, 3.05) is 17.2 Å². The third-order valence-corrected chi connectivity index (χ3v) is 3.97. The molecular weight excluding hydrogens is 431 g/mol. The number of hydrogen-bond donors (Lipinski definition) is 3. The van der Waals surface area contributed by atoms with E-state index in [1.54, 1.807) is 46.9 Å². The summed E-state index contributed by atoms with van der Waals surface area (Å²) in [5.74, 6) is -1.95. The predicted octanol–water partition coefficient (Wildman–Crippen LogP) is 3.72. The molecule has 3 N–H and O–H groups in total. The molecule has 0 radical (unpaired) electrons. The first-order valence-electron chi connectivity index (χ1n) is 7.00. The molecule has 0 aromatic heterocycles. The number of anilines is 2. The first-order chi connectivity index (χ1) is 11.5. The molecule has 3 amide bonds. The molecule has 0 spiro atoms. The van der Waals surface area contributed by atoms with Crippen molar-refractivity contribution in [2.45, 2.75) is 6.42 Å². The molecule has 8 heteroatoms. The maximum Gasteiger partial charge on any atom is 0.319 e. The molecule has 2 rings (SSSR count). The van der Waals surface area contributed by atoms with Gasteiger partial charge in [0.05, 0.1) is 3.57 Å². The van der Waals surface area contributed by atoms with Crippen LogP contribution in [0.4, 0.5) is 25.0 Å². The van der Waals surface area contributed by atoms with Gasteiger partial charge in [-0.2, -0.15) is 0 Å². The second-order valence-electron chi connectivity index (χ2n) is 4.80. The zero-order chi connectivity index (χ0) is 17.5. The van der Waals surface area contributed by atoms with Gasteiger partial charge in [-0.15, -0.1) is 0 Å². The number of carbonyl (C=O) groups is 2. The van der Waals surface area contributed by atoms with E-state index in [0.717, 1.165) is 12.1 Å². The highest BCUT2D eigenvalue weighted by Gasteiger charge is 2.10. The third-order valence-electron chi connectivity index (χ3n) is 2.94. The van der Waals surface area contributed by atoms with Crippen LogP contribution in [0.15, 0.2) is 42.5 Å². The lowest BCUT2D eigenvalue weighted by atomic mass is 10.3. The van der Waals surface area contributed by atoms with Gasteiger partial charge in [0.1, 0.15) is 11.6 Å². The maximum absolute atomic E-state index is 13.4. The highest BCUT2D eigenvalue weighted by molar-refractivity contribution is 14.1. The van der Waals surface area contributed by atoms with Gasteiger partial charge in [-0.05, 0) is 46.9 Å². The van der Waals surface area contributed by atoms with E-state index in [2.05, 4.69) is 16.0 Å². The average molecular weight is 445 g/mol. The third kappa shape index (κ3) is 5.44. The lowest BCUT2D eigenvalue weighted by Crippen LogP contribution is -2.31. The van der Waals surface area contributed by atoms with Crippen molar-refractivity contribution in [1.29, 1.82) is 0 Å². The van der Waals surface area contributed by atoms with Gasteiger partial charge in [0.15, 0.2) is 0 Å². The van der Waals surface area contributed by atoms with Crippen molar-refractivity contribution in [1.82, 2.24) is 5.32 Å². The van der Waals surface area contributed by atoms with Crippen molar-refractivity contribution in [3.63, 3.8) is 0 Å². The number of hydrogen-bond acceptors (Lipinski definition) is 2. The molecule has 2 aromatic rings. The van der Waals surface area contributed by atoms with Crippen molar-refractivity contribution < 1.29 is 18.4 Å². The van der Waals surface area contributed by atoms with E-state index in [1.165, 1.54) is 0 Å². The summed E-state index contributed by atoms with van der Waals surface area (Å²) >= 11 is 1.54. The minimum absolute atomic E-state index is 0.0303. The standard InChI is InChI=1S/C16H14F2IN3O2/c17-12-8-11(9-13(18)15(12)19)21-14(23)6-7-20-16(24)22-10-4-2-1-3-5-10/h1-5,8-9H,6-7H2,(H,21,23)(H2,20,22,24). The van der Waals surface area contributed by atoms with E-state index in [9.17, 15) is 18.4 Å². The molecule has 0 fully saturated rings. The Morgan fingerprint density at radius 1 is 0.958 bits per heavy atom. The Bertz CT molecular complexity index is 718. The zero-order valence-electron chi connectivity index (χ0n) is 12.4. The second-order valence-corrected chi connectivity index (χ2v) is 5.88. The van der Waals surface area contributed by atoms with Gasteiger partial charge in [-0.3, -0.25) is 4.79 Å². The fourth-order valence-electron chi connectivity index (χ4n) is 1.84. The molecule has 0 unspecified atom stereocenters. The highest BCUT2D eigenvalue weighted by atomic mass is 127. The van der Waals surface area contributed by atoms with Gasteiger partial charge < -0.3 is 16.0 Å². The smallest absolute Gasteiger partial charge is 0.319 e. The monoisotopic (exact) mass is 445 g/mol. The van der Waals surface area contributed by atoms with Crippen molar-refractivity contribution in [3.8, 4) is 0 Å². The number of benzene rings is 2. The molecule has 2 aromatic carbocycles. The molecule has 0 aliphatic rings. The van der Waals surface area contributed by atoms with Crippen LogP contribution in [-0.4, -0.2) is 18.5 Å². The van der Waals surface area contributed by atoms with Crippen molar-refractivity contribution >= 4 is 45.9 Å². The normalized spacial score (nSPS) is 10.1. The van der Waals surface area contributed by atoms with E-state index in [1.807, 2.05) is 6.07 Å². The van der Waals surface area contributed by atoms with E-state index in [0.29, 0.717) is 5.69 Å². The molecule has 0 bridgehead atoms. The lowest BCUT2D eigenvalue weighted by Gasteiger charge is -2.09. The fourth-order valence-corrected chi connectivity index (χ4v) is 2.15. The first-order valence-corrected chi connectivity index (χ1v) is 8.08. The summed E-state index contributed by atoms with van der Waals surface area (Å²) in [6.07, 6.45) is -0.0303. The van der Waals surface area contributed by atoms with Crippen LogP contribution in [0.25, 0.3) is 0 Å². The van der Waals surface area contributed by atoms with E-state index in [4.69, 9.17) is 0 Å². The number of amides is 3. The number of para-hydroxylation sites is 1. The summed E-state index contributed by atoms with van der Waals surface area (Å²) in [6, 6.07) is 10.5. The summed E-state index contributed by atoms with van der Waals surface area (Å²) in [4.78, 5) is 23.4. The number of urea groups is 1. The Morgan fingerprint density at radius 3 is 2.21 bits per heavy atom. The SMILES string of the molecule is O=C(CCNC(=O)Nc1ccccc1)Nc1cc(F)c(I)c(F)c1. The molecule has 0 heterocycles. The molecule has 0 aliphatic heterocycles. The Hall–Kier alpha value is -2.23. The van der Waals surface area contributed by atoms with Gasteiger partial charge in [-0.1, -0.05) is 18.2 Å². The van der Waals surface area contributed by atoms with E-state index >= 15 is 0 Å². The number of carbonyl (C=O) groups excluding carboxylic acids is 2. The van der Waals surface area contributed by atoms with Gasteiger partial charge in [0, 0.05) is 24.3 Å². The van der Waals surface area contributed by atoms with Crippen LogP contribution in [0.5, 0.6) is 0 Å². The summed E-state index contributed by atoms with van der Waals surface area (Å²) in [7, 11) is 0. The van der Waals surface area contributed by atoms with Crippen LogP contribution in [0.2, 0.25) is 0 Å². The van der Waals surface area contributed by atoms with E-state index < -0.39 is 23.6 Å². The number of nitrogens with one attached hydrogen (secondary N) is 3. The minimum atomic E-state index is -0.744. The Kier molecular flexibility index (Phi) is 6.47. The van der Waals surface area contributed by atoms with Crippen LogP contribution in [-0.2, 0) is 4.79 Å². The van der Waals surface area contributed by atoms with Crippen LogP contribution in [0.3, 0.4) is 0 Å². The molecule has 0 atom stereocenters. The average Bonchev–Trinajstić information content (AvgIpc) is 2.53. The molecule has 126 valence electrons. The number of rotatable bonds is 5. The second kappa shape index (κ2) is 8.57. The molecule has 0 saturated heterocycles. The molecule has 0 saturated carbocycles. The summed E-state index contributed by atoms with van der Waals surface area (Å²) in [5.41, 5.74) is 0.661. The van der Waals surface area contributed by atoms with Crippen LogP contribution >= 0.6 is 22.6 Å². The van der Waals surface area contributed by atoms with Crippen molar-refractivity contribution in [2.24, 2.45) is 0 Å². The predicted molar refractivity (Wildman–Crippen MR) is 95.8 cm³/mol. The highest BCUT2D eigenvalue weighted by Crippen LogP contribution is 2.20. The van der Waals surface area contributed by atoms with Crippen LogP contribution < -0.4 is 16.0 Å². The summed E-state index contributed by atoms with van der Waals surface area (Å²) in [5, 5.41) is 7.50. The molecule has 24 heavy (non-hydrogen) atoms. The van der Waals surface area contributed by atoms with Gasteiger partial charge >= 0.3 is 6.03 Å². The largest absolute Gasteiger partial charge is 0.337 e. The fraction of sp³-hybridized carbons (Fsp3) is 0.125. The van der Waals surface area contributed by atoms with Gasteiger partial charge in [0.25, 0.3) is 0 Å². The Labute approximate surface area is 151 Å². The first kappa shape index (κ1) is 18.1. The summed E-state index contributed by atoms with van der Waals surface area (Å²) in [6.45, 7) is 0.0832. The molecule has 0 aliphatic carbocycles. The molecule has 5 nitrogen and oxygen atoms in total.